The maximum Gasteiger partial charge on any atom is 0.305 e. The third kappa shape index (κ3) is 4.52. The van der Waals surface area contributed by atoms with Gasteiger partial charge in [0.05, 0.1) is 18.2 Å². The van der Waals surface area contributed by atoms with Crippen molar-refractivity contribution in [2.45, 2.75) is 12.5 Å². The molecular formula is C19H15BrClN3O4. The summed E-state index contributed by atoms with van der Waals surface area (Å²) in [5, 5.41) is 26.6. The molecule has 0 spiro atoms. The molecule has 7 nitrogen and oxygen atoms in total. The van der Waals surface area contributed by atoms with Gasteiger partial charge in [-0.2, -0.15) is 5.10 Å². The molecule has 3 rings (SSSR count). The van der Waals surface area contributed by atoms with E-state index in [1.54, 1.807) is 48.5 Å². The molecule has 0 saturated carbocycles. The Morgan fingerprint density at radius 1 is 1.18 bits per heavy atom. The van der Waals surface area contributed by atoms with Crippen LogP contribution in [-0.4, -0.2) is 31.9 Å². The van der Waals surface area contributed by atoms with E-state index in [0.29, 0.717) is 20.7 Å². The molecule has 1 heterocycles. The average Bonchev–Trinajstić information content (AvgIpc) is 3.04. The number of benzene rings is 2. The van der Waals surface area contributed by atoms with Crippen LogP contribution < -0.4 is 5.32 Å². The van der Waals surface area contributed by atoms with Crippen molar-refractivity contribution in [2.24, 2.45) is 0 Å². The fourth-order valence-electron chi connectivity index (χ4n) is 2.66. The molecule has 0 fully saturated rings. The first-order valence-electron chi connectivity index (χ1n) is 8.17. The number of nitrogens with zero attached hydrogens (tertiary/aromatic N) is 2. The summed E-state index contributed by atoms with van der Waals surface area (Å²) in [4.78, 5) is 23.9. The van der Waals surface area contributed by atoms with Crippen LogP contribution >= 0.6 is 27.5 Å². The molecule has 1 aromatic heterocycles. The summed E-state index contributed by atoms with van der Waals surface area (Å²) in [7, 11) is 0. The molecule has 0 bridgehead atoms. The van der Waals surface area contributed by atoms with Crippen molar-refractivity contribution in [3.05, 3.63) is 75.4 Å². The number of hydrogen-bond acceptors (Lipinski definition) is 4. The minimum absolute atomic E-state index is 0.0464. The van der Waals surface area contributed by atoms with Gasteiger partial charge >= 0.3 is 5.97 Å². The van der Waals surface area contributed by atoms with Gasteiger partial charge < -0.3 is 15.5 Å². The minimum atomic E-state index is -1.06. The predicted molar refractivity (Wildman–Crippen MR) is 107 cm³/mol. The van der Waals surface area contributed by atoms with Crippen molar-refractivity contribution in [3.63, 3.8) is 0 Å². The van der Waals surface area contributed by atoms with Gasteiger partial charge in [0.2, 0.25) is 5.88 Å². The van der Waals surface area contributed by atoms with Crippen LogP contribution in [0.4, 0.5) is 0 Å². The van der Waals surface area contributed by atoms with Crippen molar-refractivity contribution in [2.75, 3.05) is 0 Å². The number of carboxylic acid groups (broad SMARTS) is 1. The highest BCUT2D eigenvalue weighted by Crippen LogP contribution is 2.26. The lowest BCUT2D eigenvalue weighted by Gasteiger charge is -2.18. The summed E-state index contributed by atoms with van der Waals surface area (Å²) in [6, 6.07) is 14.0. The topological polar surface area (TPSA) is 104 Å². The van der Waals surface area contributed by atoms with Gasteiger partial charge in [0.15, 0.2) is 5.69 Å². The molecule has 28 heavy (non-hydrogen) atoms. The zero-order chi connectivity index (χ0) is 20.3. The SMILES string of the molecule is O=C(O)C[C@H](NC(=O)c1cc(O)n(-c2ccc(Cl)cc2)n1)c1ccccc1Br. The normalized spacial score (nSPS) is 11.8. The predicted octanol–water partition coefficient (Wildman–Crippen LogP) is 3.94. The van der Waals surface area contributed by atoms with Gasteiger partial charge in [-0.1, -0.05) is 45.7 Å². The van der Waals surface area contributed by atoms with E-state index in [0.717, 1.165) is 0 Å². The fourth-order valence-corrected chi connectivity index (χ4v) is 3.34. The molecule has 9 heteroatoms. The Bertz CT molecular complexity index is 1020. The number of aromatic hydroxyl groups is 1. The van der Waals surface area contributed by atoms with Crippen LogP contribution in [0.1, 0.15) is 28.5 Å². The number of nitrogens with one attached hydrogen (secondary N) is 1. The van der Waals surface area contributed by atoms with Gasteiger partial charge in [-0.05, 0) is 35.9 Å². The van der Waals surface area contributed by atoms with Gasteiger partial charge in [-0.25, -0.2) is 4.68 Å². The van der Waals surface area contributed by atoms with Crippen LogP contribution in [0.15, 0.2) is 59.1 Å². The van der Waals surface area contributed by atoms with Crippen molar-refractivity contribution in [1.82, 2.24) is 15.1 Å². The molecule has 1 amide bonds. The zero-order valence-corrected chi connectivity index (χ0v) is 16.7. The Hall–Kier alpha value is -2.84. The highest BCUT2D eigenvalue weighted by molar-refractivity contribution is 9.10. The van der Waals surface area contributed by atoms with Crippen LogP contribution in [0, 0.1) is 0 Å². The van der Waals surface area contributed by atoms with Crippen LogP contribution in [0.5, 0.6) is 5.88 Å². The van der Waals surface area contributed by atoms with E-state index in [-0.39, 0.29) is 18.0 Å². The Balaban J connectivity index is 1.86. The first kappa shape index (κ1) is 19.9. The standard InChI is InChI=1S/C19H15BrClN3O4/c20-14-4-2-1-3-13(14)15(10-18(26)27)22-19(28)16-9-17(25)24(23-16)12-7-5-11(21)6-8-12/h1-9,15,25H,10H2,(H,22,28)(H,26,27)/t15-/m0/s1. The van der Waals surface area contributed by atoms with Gasteiger partial charge in [0.25, 0.3) is 5.91 Å². The summed E-state index contributed by atoms with van der Waals surface area (Å²) in [5.41, 5.74) is 1.10. The van der Waals surface area contributed by atoms with E-state index in [1.165, 1.54) is 10.7 Å². The number of aromatic nitrogens is 2. The number of halogens is 2. The molecule has 2 aromatic carbocycles. The van der Waals surface area contributed by atoms with Crippen LogP contribution in [0.3, 0.4) is 0 Å². The summed E-state index contributed by atoms with van der Waals surface area (Å²) in [5.74, 6) is -1.90. The quantitative estimate of drug-likeness (QED) is 0.512. The van der Waals surface area contributed by atoms with Gasteiger partial charge in [-0.15, -0.1) is 0 Å². The number of carbonyl (C=O) groups is 2. The van der Waals surface area contributed by atoms with Crippen LogP contribution in [0.25, 0.3) is 5.69 Å². The zero-order valence-electron chi connectivity index (χ0n) is 14.3. The van der Waals surface area contributed by atoms with Crippen molar-refractivity contribution >= 4 is 39.4 Å². The second kappa shape index (κ2) is 8.45. The molecule has 0 saturated heterocycles. The summed E-state index contributed by atoms with van der Waals surface area (Å²) < 4.78 is 1.87. The maximum atomic E-state index is 12.6. The van der Waals surface area contributed by atoms with Crippen LogP contribution in [-0.2, 0) is 4.79 Å². The molecule has 0 unspecified atom stereocenters. The smallest absolute Gasteiger partial charge is 0.305 e. The van der Waals surface area contributed by atoms with Gasteiger partial charge in [-0.3, -0.25) is 9.59 Å². The maximum absolute atomic E-state index is 12.6. The van der Waals surface area contributed by atoms with E-state index in [1.807, 2.05) is 0 Å². The van der Waals surface area contributed by atoms with Crippen LogP contribution in [0.2, 0.25) is 5.02 Å². The Morgan fingerprint density at radius 3 is 2.50 bits per heavy atom. The highest BCUT2D eigenvalue weighted by Gasteiger charge is 2.23. The molecule has 0 aliphatic heterocycles. The molecule has 144 valence electrons. The van der Waals surface area contributed by atoms with Crippen molar-refractivity contribution in [1.29, 1.82) is 0 Å². The molecular weight excluding hydrogens is 450 g/mol. The van der Waals surface area contributed by atoms with E-state index in [2.05, 4.69) is 26.3 Å². The molecule has 1 atom stereocenters. The van der Waals surface area contributed by atoms with Gasteiger partial charge in [0.1, 0.15) is 0 Å². The van der Waals surface area contributed by atoms with Crippen molar-refractivity contribution < 1.29 is 19.8 Å². The lowest BCUT2D eigenvalue weighted by Crippen LogP contribution is -2.30. The largest absolute Gasteiger partial charge is 0.493 e. The lowest BCUT2D eigenvalue weighted by atomic mass is 10.0. The van der Waals surface area contributed by atoms with E-state index < -0.39 is 17.9 Å². The second-order valence-corrected chi connectivity index (χ2v) is 7.21. The van der Waals surface area contributed by atoms with Gasteiger partial charge in [0, 0.05) is 15.6 Å². The number of aliphatic carboxylic acids is 1. The van der Waals surface area contributed by atoms with E-state index >= 15 is 0 Å². The molecule has 3 N–H and O–H groups in total. The second-order valence-electron chi connectivity index (χ2n) is 5.92. The first-order valence-corrected chi connectivity index (χ1v) is 9.34. The lowest BCUT2D eigenvalue weighted by molar-refractivity contribution is -0.137. The third-order valence-electron chi connectivity index (χ3n) is 3.96. The minimum Gasteiger partial charge on any atom is -0.493 e. The number of hydrogen-bond donors (Lipinski definition) is 3. The molecule has 0 aliphatic rings. The summed E-state index contributed by atoms with van der Waals surface area (Å²) in [6.07, 6.45) is -0.307. The monoisotopic (exact) mass is 463 g/mol. The van der Waals surface area contributed by atoms with E-state index in [4.69, 9.17) is 11.6 Å². The number of carboxylic acids is 1. The molecule has 0 aliphatic carbocycles. The fraction of sp³-hybridized carbons (Fsp3) is 0.105. The van der Waals surface area contributed by atoms with Crippen molar-refractivity contribution in [3.8, 4) is 11.6 Å². The first-order chi connectivity index (χ1) is 13.3. The summed E-state index contributed by atoms with van der Waals surface area (Å²) >= 11 is 9.23. The Morgan fingerprint density at radius 2 is 1.86 bits per heavy atom. The number of rotatable bonds is 6. The average molecular weight is 465 g/mol. The highest BCUT2D eigenvalue weighted by atomic mass is 79.9. The number of carbonyl (C=O) groups excluding carboxylic acids is 1. The Kier molecular flexibility index (Phi) is 6.01. The molecule has 3 aromatic rings. The molecule has 0 radical (unpaired) electrons. The third-order valence-corrected chi connectivity index (χ3v) is 4.93. The Labute approximate surface area is 173 Å². The van der Waals surface area contributed by atoms with E-state index in [9.17, 15) is 19.8 Å². The summed E-state index contributed by atoms with van der Waals surface area (Å²) in [6.45, 7) is 0. The number of amides is 1.